The van der Waals surface area contributed by atoms with Crippen LogP contribution in [0.25, 0.3) is 0 Å². The highest BCUT2D eigenvalue weighted by molar-refractivity contribution is 6.77. The molecule has 0 spiro atoms. The zero-order valence-electron chi connectivity index (χ0n) is 13.4. The highest BCUT2D eigenvalue weighted by Crippen LogP contribution is 2.43. The van der Waals surface area contributed by atoms with Crippen molar-refractivity contribution in [2.75, 3.05) is 0 Å². The summed E-state index contributed by atoms with van der Waals surface area (Å²) in [5.74, 6) is -0.957. The fraction of sp³-hybridized carbons (Fsp3) is 0.929. The Morgan fingerprint density at radius 3 is 1.68 bits per heavy atom. The highest BCUT2D eigenvalue weighted by atomic mass is 28.4. The lowest BCUT2D eigenvalue weighted by Crippen LogP contribution is -2.50. The van der Waals surface area contributed by atoms with Gasteiger partial charge in [-0.1, -0.05) is 41.5 Å². The van der Waals surface area contributed by atoms with Crippen LogP contribution in [-0.4, -0.2) is 31.5 Å². The molecule has 0 saturated heterocycles. The zero-order chi connectivity index (χ0) is 15.4. The average molecular weight is 289 g/mol. The van der Waals surface area contributed by atoms with Crippen LogP contribution in [-0.2, 0) is 9.22 Å². The van der Waals surface area contributed by atoms with Gasteiger partial charge in [-0.2, -0.15) is 0 Å². The Hall–Kier alpha value is -0.393. The van der Waals surface area contributed by atoms with Gasteiger partial charge in [0.2, 0.25) is 8.32 Å². The topological polar surface area (TPSA) is 72.6 Å². The van der Waals surface area contributed by atoms with E-state index in [0.29, 0.717) is 23.0 Å². The Kier molecular flexibility index (Phi) is 7.25. The van der Waals surface area contributed by atoms with Crippen LogP contribution < -0.4 is 5.73 Å². The average Bonchev–Trinajstić information content (AvgIpc) is 2.23. The molecular weight excluding hydrogens is 258 g/mol. The summed E-state index contributed by atoms with van der Waals surface area (Å²) in [6.45, 7) is 15.3. The van der Waals surface area contributed by atoms with E-state index in [9.17, 15) is 4.79 Å². The smallest absolute Gasteiger partial charge is 0.320 e. The molecule has 0 aliphatic rings. The molecule has 0 heterocycles. The van der Waals surface area contributed by atoms with E-state index in [0.717, 1.165) is 0 Å². The molecule has 0 saturated carbocycles. The second kappa shape index (κ2) is 7.41. The molecule has 0 aromatic carbocycles. The summed E-state index contributed by atoms with van der Waals surface area (Å²) in [5.41, 5.74) is 7.09. The van der Waals surface area contributed by atoms with Crippen molar-refractivity contribution >= 4 is 14.3 Å². The number of hydrogen-bond acceptors (Lipinski definition) is 3. The molecule has 0 bridgehead atoms. The van der Waals surface area contributed by atoms with Gasteiger partial charge in [-0.25, -0.2) is 0 Å². The molecule has 0 amide bonds. The van der Waals surface area contributed by atoms with E-state index >= 15 is 0 Å². The predicted octanol–water partition coefficient (Wildman–Crippen LogP) is 3.37. The van der Waals surface area contributed by atoms with E-state index in [1.807, 2.05) is 6.92 Å². The van der Waals surface area contributed by atoms with Crippen LogP contribution in [0.15, 0.2) is 0 Å². The molecule has 2 atom stereocenters. The molecule has 0 rings (SSSR count). The van der Waals surface area contributed by atoms with E-state index in [1.54, 1.807) is 0 Å². The second-order valence-corrected chi connectivity index (χ2v) is 11.8. The van der Waals surface area contributed by atoms with Crippen LogP contribution in [0.5, 0.6) is 0 Å². The summed E-state index contributed by atoms with van der Waals surface area (Å²) in [7, 11) is -1.94. The van der Waals surface area contributed by atoms with Gasteiger partial charge in [0.05, 0.1) is 0 Å². The van der Waals surface area contributed by atoms with Gasteiger partial charge in [0, 0.05) is 6.10 Å². The molecule has 114 valence electrons. The van der Waals surface area contributed by atoms with E-state index in [-0.39, 0.29) is 6.10 Å². The van der Waals surface area contributed by atoms with Crippen molar-refractivity contribution in [1.29, 1.82) is 0 Å². The number of hydrogen-bond donors (Lipinski definition) is 2. The van der Waals surface area contributed by atoms with Gasteiger partial charge >= 0.3 is 5.97 Å². The first-order valence-corrected chi connectivity index (χ1v) is 9.35. The summed E-state index contributed by atoms with van der Waals surface area (Å²) in [5, 5.41) is 8.89. The molecule has 2 unspecified atom stereocenters. The monoisotopic (exact) mass is 289 g/mol. The third kappa shape index (κ3) is 4.58. The first kappa shape index (κ1) is 18.6. The Morgan fingerprint density at radius 2 is 1.42 bits per heavy atom. The maximum Gasteiger partial charge on any atom is 0.320 e. The van der Waals surface area contributed by atoms with E-state index < -0.39 is 20.3 Å². The molecule has 0 aromatic rings. The minimum absolute atomic E-state index is 0.107. The lowest BCUT2D eigenvalue weighted by Gasteiger charge is -2.44. The van der Waals surface area contributed by atoms with Gasteiger partial charge < -0.3 is 15.3 Å². The summed E-state index contributed by atoms with van der Waals surface area (Å²) in [6.07, 6.45) is 0.265. The van der Waals surface area contributed by atoms with Crippen LogP contribution in [0.1, 0.15) is 54.9 Å². The minimum Gasteiger partial charge on any atom is -0.480 e. The number of aliphatic carboxylic acids is 1. The summed E-state index contributed by atoms with van der Waals surface area (Å²) < 4.78 is 6.44. The minimum atomic E-state index is -1.94. The zero-order valence-corrected chi connectivity index (χ0v) is 14.4. The first-order valence-electron chi connectivity index (χ1n) is 7.21. The normalized spacial score (nSPS) is 16.2. The molecule has 0 aromatic heterocycles. The van der Waals surface area contributed by atoms with Gasteiger partial charge in [-0.15, -0.1) is 0 Å². The number of carboxylic acids is 1. The number of rotatable bonds is 8. The Morgan fingerprint density at radius 1 is 1.05 bits per heavy atom. The summed E-state index contributed by atoms with van der Waals surface area (Å²) in [4.78, 5) is 10.8. The van der Waals surface area contributed by atoms with Gasteiger partial charge in [-0.05, 0) is 30.0 Å². The van der Waals surface area contributed by atoms with Crippen molar-refractivity contribution in [1.82, 2.24) is 0 Å². The number of nitrogens with two attached hydrogens (primary N) is 1. The Labute approximate surface area is 118 Å². The molecule has 3 N–H and O–H groups in total. The lowest BCUT2D eigenvalue weighted by atomic mass is 10.1. The fourth-order valence-corrected chi connectivity index (χ4v) is 8.87. The SMILES string of the molecule is CC(CC(N)C(=O)O)O[Si](C(C)C)(C(C)C)C(C)C. The second-order valence-electron chi connectivity index (χ2n) is 6.43. The van der Waals surface area contributed by atoms with Crippen molar-refractivity contribution in [2.45, 2.75) is 83.7 Å². The standard InChI is InChI=1S/C14H31NO3Si/c1-9(2)19(10(3)4,11(5)6)18-12(7)8-13(15)14(16)17/h9-13H,8,15H2,1-7H3,(H,16,17). The number of carbonyl (C=O) groups is 1. The molecule has 0 aliphatic carbocycles. The van der Waals surface area contributed by atoms with Crippen molar-refractivity contribution in [3.63, 3.8) is 0 Å². The first-order chi connectivity index (χ1) is 8.55. The highest BCUT2D eigenvalue weighted by Gasteiger charge is 2.46. The van der Waals surface area contributed by atoms with Crippen molar-refractivity contribution in [2.24, 2.45) is 5.73 Å². The van der Waals surface area contributed by atoms with Gasteiger partial charge in [0.15, 0.2) is 0 Å². The summed E-state index contributed by atoms with van der Waals surface area (Å²) >= 11 is 0. The quantitative estimate of drug-likeness (QED) is 0.672. The van der Waals surface area contributed by atoms with Gasteiger partial charge in [0.25, 0.3) is 0 Å². The Balaban J connectivity index is 4.97. The van der Waals surface area contributed by atoms with Crippen LogP contribution in [0.2, 0.25) is 16.6 Å². The Bertz CT molecular complexity index is 271. The molecule has 0 radical (unpaired) electrons. The third-order valence-electron chi connectivity index (χ3n) is 4.02. The van der Waals surface area contributed by atoms with E-state index in [4.69, 9.17) is 15.3 Å². The molecule has 0 aliphatic heterocycles. The van der Waals surface area contributed by atoms with Gasteiger partial charge in [0.1, 0.15) is 6.04 Å². The molecule has 5 heteroatoms. The van der Waals surface area contributed by atoms with Crippen LogP contribution in [0.4, 0.5) is 0 Å². The molecule has 4 nitrogen and oxygen atoms in total. The molecule has 19 heavy (non-hydrogen) atoms. The molecule has 0 fully saturated rings. The van der Waals surface area contributed by atoms with Crippen molar-refractivity contribution in [3.8, 4) is 0 Å². The van der Waals surface area contributed by atoms with Crippen molar-refractivity contribution in [3.05, 3.63) is 0 Å². The van der Waals surface area contributed by atoms with Crippen molar-refractivity contribution < 1.29 is 14.3 Å². The lowest BCUT2D eigenvalue weighted by molar-refractivity contribution is -0.139. The molecular formula is C14H31NO3Si. The van der Waals surface area contributed by atoms with Crippen LogP contribution in [0, 0.1) is 0 Å². The number of carboxylic acid groups (broad SMARTS) is 1. The predicted molar refractivity (Wildman–Crippen MR) is 81.8 cm³/mol. The van der Waals surface area contributed by atoms with E-state index in [2.05, 4.69) is 41.5 Å². The maximum atomic E-state index is 10.8. The third-order valence-corrected chi connectivity index (χ3v) is 10.2. The maximum absolute atomic E-state index is 10.8. The fourth-order valence-electron chi connectivity index (χ4n) is 3.26. The summed E-state index contributed by atoms with van der Waals surface area (Å²) in [6, 6.07) is -0.840. The largest absolute Gasteiger partial charge is 0.480 e. The van der Waals surface area contributed by atoms with Crippen LogP contribution >= 0.6 is 0 Å². The van der Waals surface area contributed by atoms with E-state index in [1.165, 1.54) is 0 Å². The van der Waals surface area contributed by atoms with Gasteiger partial charge in [-0.3, -0.25) is 4.79 Å². The van der Waals surface area contributed by atoms with Crippen LogP contribution in [0.3, 0.4) is 0 Å².